The van der Waals surface area contributed by atoms with Crippen LogP contribution in [0.5, 0.6) is 0 Å². The molecule has 1 aromatic heterocycles. The molecule has 1 aliphatic carbocycles. The lowest BCUT2D eigenvalue weighted by atomic mass is 10.0. The summed E-state index contributed by atoms with van der Waals surface area (Å²) in [7, 11) is 0. The molecular formula is C17H19NOS. The second-order valence-electron chi connectivity index (χ2n) is 5.61. The van der Waals surface area contributed by atoms with Crippen molar-refractivity contribution in [2.24, 2.45) is 0 Å². The van der Waals surface area contributed by atoms with Crippen LogP contribution in [-0.4, -0.2) is 16.8 Å². The van der Waals surface area contributed by atoms with Crippen molar-refractivity contribution in [2.75, 3.05) is 0 Å². The number of rotatable bonds is 4. The van der Waals surface area contributed by atoms with Crippen molar-refractivity contribution in [1.29, 1.82) is 0 Å². The molecule has 2 aromatic rings. The molecule has 0 aliphatic heterocycles. The van der Waals surface area contributed by atoms with Crippen LogP contribution in [0.1, 0.15) is 39.9 Å². The van der Waals surface area contributed by atoms with Crippen LogP contribution in [0.4, 0.5) is 0 Å². The SMILES string of the molecule is Cc1ccc(C)c(C(=O)N(Cc2ccsc2)C2CC2)c1. The zero-order valence-corrected chi connectivity index (χ0v) is 12.7. The lowest BCUT2D eigenvalue weighted by Gasteiger charge is -2.23. The van der Waals surface area contributed by atoms with Gasteiger partial charge < -0.3 is 4.90 Å². The number of thiophene rings is 1. The average molecular weight is 285 g/mol. The van der Waals surface area contributed by atoms with Crippen LogP contribution in [0.2, 0.25) is 0 Å². The Labute approximate surface area is 124 Å². The van der Waals surface area contributed by atoms with Gasteiger partial charge in [-0.1, -0.05) is 17.7 Å². The number of aryl methyl sites for hydroxylation is 2. The van der Waals surface area contributed by atoms with Crippen molar-refractivity contribution in [1.82, 2.24) is 4.90 Å². The fraction of sp³-hybridized carbons (Fsp3) is 0.353. The minimum Gasteiger partial charge on any atom is -0.331 e. The Morgan fingerprint density at radius 1 is 1.30 bits per heavy atom. The smallest absolute Gasteiger partial charge is 0.254 e. The second kappa shape index (κ2) is 5.41. The minimum absolute atomic E-state index is 0.180. The Bertz CT molecular complexity index is 614. The van der Waals surface area contributed by atoms with Crippen molar-refractivity contribution in [3.05, 3.63) is 57.3 Å². The number of carbonyl (C=O) groups is 1. The summed E-state index contributed by atoms with van der Waals surface area (Å²) < 4.78 is 0. The summed E-state index contributed by atoms with van der Waals surface area (Å²) in [6, 6.07) is 8.66. The molecule has 1 heterocycles. The molecule has 0 spiro atoms. The molecule has 3 heteroatoms. The van der Waals surface area contributed by atoms with Gasteiger partial charge in [0.15, 0.2) is 0 Å². The van der Waals surface area contributed by atoms with E-state index in [0.717, 1.165) is 36.1 Å². The molecule has 2 nitrogen and oxygen atoms in total. The molecular weight excluding hydrogens is 266 g/mol. The standard InChI is InChI=1S/C17H19NOS/c1-12-3-4-13(2)16(9-12)17(19)18(15-5-6-15)10-14-7-8-20-11-14/h3-4,7-9,11,15H,5-6,10H2,1-2H3. The highest BCUT2D eigenvalue weighted by Gasteiger charge is 2.33. The third-order valence-corrected chi connectivity index (χ3v) is 4.54. The van der Waals surface area contributed by atoms with Gasteiger partial charge in [-0.2, -0.15) is 11.3 Å². The van der Waals surface area contributed by atoms with Gasteiger partial charge >= 0.3 is 0 Å². The van der Waals surface area contributed by atoms with E-state index in [0.29, 0.717) is 6.04 Å². The first-order valence-electron chi connectivity index (χ1n) is 7.04. The molecule has 20 heavy (non-hydrogen) atoms. The van der Waals surface area contributed by atoms with Gasteiger partial charge in [-0.25, -0.2) is 0 Å². The molecule has 104 valence electrons. The molecule has 3 rings (SSSR count). The van der Waals surface area contributed by atoms with E-state index in [1.54, 1.807) is 11.3 Å². The number of amides is 1. The second-order valence-corrected chi connectivity index (χ2v) is 6.39. The lowest BCUT2D eigenvalue weighted by Crippen LogP contribution is -2.33. The summed E-state index contributed by atoms with van der Waals surface area (Å²) >= 11 is 1.69. The fourth-order valence-corrected chi connectivity index (χ4v) is 3.11. The van der Waals surface area contributed by atoms with Crippen molar-refractivity contribution in [2.45, 2.75) is 39.3 Å². The van der Waals surface area contributed by atoms with Gasteiger partial charge in [0.1, 0.15) is 0 Å². The molecule has 0 N–H and O–H groups in total. The zero-order chi connectivity index (χ0) is 14.1. The maximum atomic E-state index is 12.9. The summed E-state index contributed by atoms with van der Waals surface area (Å²) in [4.78, 5) is 14.9. The normalized spacial score (nSPS) is 14.3. The van der Waals surface area contributed by atoms with Crippen LogP contribution >= 0.6 is 11.3 Å². The van der Waals surface area contributed by atoms with E-state index < -0.39 is 0 Å². The van der Waals surface area contributed by atoms with Gasteiger partial charge in [-0.15, -0.1) is 0 Å². The number of carbonyl (C=O) groups excluding carboxylic acids is 1. The summed E-state index contributed by atoms with van der Waals surface area (Å²) in [6.45, 7) is 4.79. The van der Waals surface area contributed by atoms with Crippen LogP contribution in [0, 0.1) is 13.8 Å². The molecule has 1 fully saturated rings. The fourth-order valence-electron chi connectivity index (χ4n) is 2.45. The van der Waals surface area contributed by atoms with E-state index in [1.165, 1.54) is 5.56 Å². The van der Waals surface area contributed by atoms with Crippen molar-refractivity contribution in [3.8, 4) is 0 Å². The summed E-state index contributed by atoms with van der Waals surface area (Å²) in [6.07, 6.45) is 2.28. The molecule has 1 aromatic carbocycles. The third-order valence-electron chi connectivity index (χ3n) is 3.81. The highest BCUT2D eigenvalue weighted by molar-refractivity contribution is 7.07. The summed E-state index contributed by atoms with van der Waals surface area (Å²) in [5.41, 5.74) is 4.30. The molecule has 0 radical (unpaired) electrons. The summed E-state index contributed by atoms with van der Waals surface area (Å²) in [5, 5.41) is 4.20. The van der Waals surface area contributed by atoms with Crippen molar-refractivity contribution >= 4 is 17.2 Å². The van der Waals surface area contributed by atoms with E-state index in [2.05, 4.69) is 22.9 Å². The molecule has 0 saturated heterocycles. The Morgan fingerprint density at radius 3 is 2.75 bits per heavy atom. The van der Waals surface area contributed by atoms with E-state index in [-0.39, 0.29) is 5.91 Å². The monoisotopic (exact) mass is 285 g/mol. The Kier molecular flexibility index (Phi) is 3.62. The highest BCUT2D eigenvalue weighted by atomic mass is 32.1. The van der Waals surface area contributed by atoms with Gasteiger partial charge in [0.25, 0.3) is 5.91 Å². The van der Waals surface area contributed by atoms with Gasteiger partial charge in [0, 0.05) is 18.2 Å². The molecule has 1 aliphatic rings. The van der Waals surface area contributed by atoms with E-state index in [1.807, 2.05) is 30.9 Å². The Morgan fingerprint density at radius 2 is 2.10 bits per heavy atom. The quantitative estimate of drug-likeness (QED) is 0.825. The largest absolute Gasteiger partial charge is 0.331 e. The van der Waals surface area contributed by atoms with Gasteiger partial charge in [0.05, 0.1) is 0 Å². The van der Waals surface area contributed by atoms with E-state index in [9.17, 15) is 4.79 Å². The number of nitrogens with zero attached hydrogens (tertiary/aromatic N) is 1. The first-order chi connectivity index (χ1) is 9.65. The van der Waals surface area contributed by atoms with Crippen molar-refractivity contribution in [3.63, 3.8) is 0 Å². The lowest BCUT2D eigenvalue weighted by molar-refractivity contribution is 0.0729. The molecule has 1 saturated carbocycles. The highest BCUT2D eigenvalue weighted by Crippen LogP contribution is 2.30. The van der Waals surface area contributed by atoms with Gasteiger partial charge in [-0.3, -0.25) is 4.79 Å². The van der Waals surface area contributed by atoms with Crippen LogP contribution < -0.4 is 0 Å². The zero-order valence-electron chi connectivity index (χ0n) is 11.9. The van der Waals surface area contributed by atoms with Crippen LogP contribution in [0.15, 0.2) is 35.0 Å². The number of hydrogen-bond donors (Lipinski definition) is 0. The number of hydrogen-bond acceptors (Lipinski definition) is 2. The van der Waals surface area contributed by atoms with Crippen LogP contribution in [0.3, 0.4) is 0 Å². The predicted octanol–water partition coefficient (Wildman–Crippen LogP) is 4.17. The minimum atomic E-state index is 0.180. The van der Waals surface area contributed by atoms with E-state index in [4.69, 9.17) is 0 Å². The maximum Gasteiger partial charge on any atom is 0.254 e. The number of benzene rings is 1. The molecule has 0 bridgehead atoms. The van der Waals surface area contributed by atoms with Gasteiger partial charge in [0.2, 0.25) is 0 Å². The maximum absolute atomic E-state index is 12.9. The van der Waals surface area contributed by atoms with Crippen LogP contribution in [-0.2, 0) is 6.54 Å². The Balaban J connectivity index is 1.87. The Hall–Kier alpha value is -1.61. The third kappa shape index (κ3) is 2.78. The van der Waals surface area contributed by atoms with Crippen molar-refractivity contribution < 1.29 is 4.79 Å². The molecule has 0 atom stereocenters. The summed E-state index contributed by atoms with van der Waals surface area (Å²) in [5.74, 6) is 0.180. The molecule has 1 amide bonds. The first kappa shape index (κ1) is 13.4. The van der Waals surface area contributed by atoms with E-state index >= 15 is 0 Å². The molecule has 0 unspecified atom stereocenters. The topological polar surface area (TPSA) is 20.3 Å². The van der Waals surface area contributed by atoms with Gasteiger partial charge in [-0.05, 0) is 60.7 Å². The predicted molar refractivity (Wildman–Crippen MR) is 83.1 cm³/mol. The average Bonchev–Trinajstić information content (AvgIpc) is 3.15. The first-order valence-corrected chi connectivity index (χ1v) is 7.99. The van der Waals surface area contributed by atoms with Crippen LogP contribution in [0.25, 0.3) is 0 Å².